The van der Waals surface area contributed by atoms with Crippen molar-refractivity contribution in [2.45, 2.75) is 29.7 Å². The van der Waals surface area contributed by atoms with Gasteiger partial charge in [0.1, 0.15) is 16.2 Å². The maximum Gasteiger partial charge on any atom is 0.235 e. The molecule has 1 saturated heterocycles. The summed E-state index contributed by atoms with van der Waals surface area (Å²) in [6.07, 6.45) is 2.02. The van der Waals surface area contributed by atoms with E-state index in [1.807, 2.05) is 18.4 Å². The minimum Gasteiger partial charge on any atom is -0.341 e. The van der Waals surface area contributed by atoms with E-state index in [0.29, 0.717) is 6.42 Å². The van der Waals surface area contributed by atoms with Crippen molar-refractivity contribution in [1.29, 1.82) is 0 Å². The van der Waals surface area contributed by atoms with Crippen molar-refractivity contribution in [3.63, 3.8) is 0 Å². The number of hydrogen-bond acceptors (Lipinski definition) is 7. The molecule has 0 unspecified atom stereocenters. The number of carbonyl (C=O) groups is 1. The van der Waals surface area contributed by atoms with Gasteiger partial charge < -0.3 is 4.90 Å². The molecule has 1 aliphatic rings. The fourth-order valence-corrected chi connectivity index (χ4v) is 6.20. The molecule has 2 aromatic rings. The van der Waals surface area contributed by atoms with Crippen LogP contribution in [-0.4, -0.2) is 59.0 Å². The molecular formula is C14H17N3O3S3. The molecule has 0 aliphatic carbocycles. The van der Waals surface area contributed by atoms with Crippen LogP contribution in [0.25, 0.3) is 10.2 Å². The second-order valence-corrected chi connectivity index (χ2v) is 10.0. The number of nitrogens with zero attached hydrogens (tertiary/aromatic N) is 3. The van der Waals surface area contributed by atoms with Crippen LogP contribution in [0.5, 0.6) is 0 Å². The van der Waals surface area contributed by atoms with E-state index in [1.165, 1.54) is 29.4 Å². The van der Waals surface area contributed by atoms with Gasteiger partial charge >= 0.3 is 0 Å². The number of aromatic nitrogens is 2. The summed E-state index contributed by atoms with van der Waals surface area (Å²) in [4.78, 5) is 23.5. The normalized spacial score (nSPS) is 21.4. The monoisotopic (exact) mass is 371 g/mol. The molecule has 0 N–H and O–H groups in total. The van der Waals surface area contributed by atoms with Crippen molar-refractivity contribution in [2.24, 2.45) is 0 Å². The topological polar surface area (TPSA) is 80.2 Å². The lowest BCUT2D eigenvalue weighted by molar-refractivity contribution is -0.130. The van der Waals surface area contributed by atoms with E-state index >= 15 is 0 Å². The molecule has 6 nitrogen and oxygen atoms in total. The molecule has 3 rings (SSSR count). The highest BCUT2D eigenvalue weighted by molar-refractivity contribution is 8.00. The molecule has 0 radical (unpaired) electrons. The van der Waals surface area contributed by atoms with Crippen LogP contribution < -0.4 is 0 Å². The summed E-state index contributed by atoms with van der Waals surface area (Å²) < 4.78 is 23.2. The molecular weight excluding hydrogens is 354 g/mol. The Morgan fingerprint density at radius 2 is 2.26 bits per heavy atom. The van der Waals surface area contributed by atoms with Gasteiger partial charge in [-0.25, -0.2) is 18.4 Å². The number of rotatable bonds is 4. The zero-order valence-corrected chi connectivity index (χ0v) is 15.2. The fourth-order valence-electron chi connectivity index (χ4n) is 2.63. The molecule has 2 atom stereocenters. The molecule has 0 spiro atoms. The quantitative estimate of drug-likeness (QED) is 0.602. The van der Waals surface area contributed by atoms with Gasteiger partial charge in [-0.05, 0) is 24.8 Å². The highest BCUT2D eigenvalue weighted by Gasteiger charge is 2.34. The first-order chi connectivity index (χ1) is 10.9. The number of sulfone groups is 1. The summed E-state index contributed by atoms with van der Waals surface area (Å²) in [5.74, 6) is 0.159. The zero-order chi connectivity index (χ0) is 16.6. The summed E-state index contributed by atoms with van der Waals surface area (Å²) in [6, 6.07) is 1.73. The number of thioether (sulfide) groups is 1. The Kier molecular flexibility index (Phi) is 4.61. The molecule has 0 saturated carbocycles. The van der Waals surface area contributed by atoms with E-state index in [1.54, 1.807) is 11.9 Å². The van der Waals surface area contributed by atoms with Crippen molar-refractivity contribution < 1.29 is 13.2 Å². The third kappa shape index (κ3) is 3.51. The molecule has 1 amide bonds. The van der Waals surface area contributed by atoms with Crippen LogP contribution in [0.2, 0.25) is 0 Å². The average molecular weight is 372 g/mol. The second kappa shape index (κ2) is 6.37. The predicted octanol–water partition coefficient (Wildman–Crippen LogP) is 1.82. The van der Waals surface area contributed by atoms with Crippen molar-refractivity contribution in [3.05, 3.63) is 17.8 Å². The Balaban J connectivity index is 1.71. The van der Waals surface area contributed by atoms with Crippen molar-refractivity contribution >= 4 is 49.1 Å². The molecule has 124 valence electrons. The maximum atomic E-state index is 12.6. The van der Waals surface area contributed by atoms with Crippen LogP contribution in [0.1, 0.15) is 13.3 Å². The molecule has 0 bridgehead atoms. The second-order valence-electron chi connectivity index (χ2n) is 5.58. The van der Waals surface area contributed by atoms with Crippen LogP contribution in [0.15, 0.2) is 22.8 Å². The zero-order valence-electron chi connectivity index (χ0n) is 12.8. The minimum atomic E-state index is -3.00. The standard InChI is InChI=1S/C14H17N3O3S3/c1-9(14(18)17(2)10-4-6-23(19,20)7-10)22-13-11-3-5-21-12(11)15-8-16-13/h3,5,8-10H,4,6-7H2,1-2H3/t9-,10-/m1/s1. The molecule has 1 aliphatic heterocycles. The van der Waals surface area contributed by atoms with E-state index < -0.39 is 9.84 Å². The lowest BCUT2D eigenvalue weighted by Gasteiger charge is -2.26. The van der Waals surface area contributed by atoms with Gasteiger partial charge in [-0.3, -0.25) is 4.79 Å². The molecule has 9 heteroatoms. The highest BCUT2D eigenvalue weighted by atomic mass is 32.2. The van der Waals surface area contributed by atoms with Crippen LogP contribution in [0.4, 0.5) is 0 Å². The van der Waals surface area contributed by atoms with Gasteiger partial charge in [-0.1, -0.05) is 11.8 Å². The Labute approximate surface area is 143 Å². The number of hydrogen-bond donors (Lipinski definition) is 0. The predicted molar refractivity (Wildman–Crippen MR) is 92.6 cm³/mol. The number of amides is 1. The third-order valence-electron chi connectivity index (χ3n) is 3.97. The average Bonchev–Trinajstić information content (AvgIpc) is 3.12. The lowest BCUT2D eigenvalue weighted by Crippen LogP contribution is -2.41. The highest BCUT2D eigenvalue weighted by Crippen LogP contribution is 2.31. The van der Waals surface area contributed by atoms with Crippen molar-refractivity contribution in [1.82, 2.24) is 14.9 Å². The largest absolute Gasteiger partial charge is 0.341 e. The first-order valence-electron chi connectivity index (χ1n) is 7.19. The van der Waals surface area contributed by atoms with Gasteiger partial charge in [0.25, 0.3) is 0 Å². The molecule has 3 heterocycles. The van der Waals surface area contributed by atoms with E-state index in [0.717, 1.165) is 15.2 Å². The van der Waals surface area contributed by atoms with Gasteiger partial charge in [0, 0.05) is 18.5 Å². The van der Waals surface area contributed by atoms with Gasteiger partial charge in [0.05, 0.1) is 16.8 Å². The Morgan fingerprint density at radius 1 is 1.48 bits per heavy atom. The minimum absolute atomic E-state index is 0.0644. The molecule has 2 aromatic heterocycles. The summed E-state index contributed by atoms with van der Waals surface area (Å²) in [6.45, 7) is 1.83. The molecule has 23 heavy (non-hydrogen) atoms. The summed E-state index contributed by atoms with van der Waals surface area (Å²) >= 11 is 2.92. The first-order valence-corrected chi connectivity index (χ1v) is 10.8. The molecule has 1 fully saturated rings. The van der Waals surface area contributed by atoms with Gasteiger partial charge in [0.15, 0.2) is 9.84 Å². The number of thiophene rings is 1. The SMILES string of the molecule is C[C@@H](Sc1ncnc2sccc12)C(=O)N(C)[C@@H]1CCS(=O)(=O)C1. The third-order valence-corrected chi connectivity index (χ3v) is 7.64. The van der Waals surface area contributed by atoms with Crippen LogP contribution in [-0.2, 0) is 14.6 Å². The van der Waals surface area contributed by atoms with E-state index in [4.69, 9.17) is 0 Å². The number of fused-ring (bicyclic) bond motifs is 1. The van der Waals surface area contributed by atoms with Gasteiger partial charge in [-0.15, -0.1) is 11.3 Å². The van der Waals surface area contributed by atoms with Crippen LogP contribution >= 0.6 is 23.1 Å². The van der Waals surface area contributed by atoms with E-state index in [9.17, 15) is 13.2 Å². The lowest BCUT2D eigenvalue weighted by atomic mass is 10.2. The first kappa shape index (κ1) is 16.7. The van der Waals surface area contributed by atoms with Crippen molar-refractivity contribution in [3.8, 4) is 0 Å². The summed E-state index contributed by atoms with van der Waals surface area (Å²) in [5, 5.41) is 3.35. The smallest absolute Gasteiger partial charge is 0.235 e. The Bertz CT molecular complexity index is 834. The maximum absolute atomic E-state index is 12.6. The van der Waals surface area contributed by atoms with Crippen molar-refractivity contribution in [2.75, 3.05) is 18.6 Å². The van der Waals surface area contributed by atoms with E-state index in [-0.39, 0.29) is 28.7 Å². The Hall–Kier alpha value is -1.19. The van der Waals surface area contributed by atoms with Gasteiger partial charge in [-0.2, -0.15) is 0 Å². The fraction of sp³-hybridized carbons (Fsp3) is 0.500. The summed E-state index contributed by atoms with van der Waals surface area (Å²) in [5.41, 5.74) is 0. The van der Waals surface area contributed by atoms with Crippen LogP contribution in [0.3, 0.4) is 0 Å². The van der Waals surface area contributed by atoms with Gasteiger partial charge in [0.2, 0.25) is 5.91 Å². The van der Waals surface area contributed by atoms with E-state index in [2.05, 4.69) is 9.97 Å². The van der Waals surface area contributed by atoms with Crippen LogP contribution in [0, 0.1) is 0 Å². The molecule has 0 aromatic carbocycles. The number of carbonyl (C=O) groups excluding carboxylic acids is 1. The summed E-state index contributed by atoms with van der Waals surface area (Å²) in [7, 11) is -1.31. The Morgan fingerprint density at radius 3 is 2.96 bits per heavy atom.